The standard InChI is InChI=1S/C15H22N2S/c1-17-10-11(9-16)7-14(17)13-5-4-12-3-2-6-18-15(12)8-13/h4-5,8,11,14H,2-3,6-7,9-10,16H2,1H3. The Labute approximate surface area is 114 Å². The molecule has 1 fully saturated rings. The monoisotopic (exact) mass is 262 g/mol. The fourth-order valence-electron chi connectivity index (χ4n) is 3.23. The minimum absolute atomic E-state index is 0.575. The van der Waals surface area contributed by atoms with Gasteiger partial charge in [0.1, 0.15) is 0 Å². The number of nitrogens with two attached hydrogens (primary N) is 1. The van der Waals surface area contributed by atoms with Gasteiger partial charge in [-0.1, -0.05) is 12.1 Å². The first-order valence-electron chi connectivity index (χ1n) is 6.94. The normalized spacial score (nSPS) is 28.3. The number of hydrogen-bond acceptors (Lipinski definition) is 3. The number of fused-ring (bicyclic) bond motifs is 1. The SMILES string of the molecule is CN1CC(CN)CC1c1ccc2c(c1)SCCC2. The molecule has 2 N–H and O–H groups in total. The molecule has 2 atom stereocenters. The van der Waals surface area contributed by atoms with Crippen molar-refractivity contribution in [3.63, 3.8) is 0 Å². The van der Waals surface area contributed by atoms with Gasteiger partial charge in [0.05, 0.1) is 0 Å². The van der Waals surface area contributed by atoms with Crippen LogP contribution in [-0.4, -0.2) is 30.8 Å². The van der Waals surface area contributed by atoms with E-state index < -0.39 is 0 Å². The Morgan fingerprint density at radius 3 is 3.11 bits per heavy atom. The van der Waals surface area contributed by atoms with E-state index in [1.54, 1.807) is 5.56 Å². The van der Waals surface area contributed by atoms with Gasteiger partial charge in [-0.2, -0.15) is 0 Å². The molecular formula is C15H22N2S. The van der Waals surface area contributed by atoms with E-state index in [0.717, 1.165) is 13.1 Å². The Hall–Kier alpha value is -0.510. The fourth-order valence-corrected chi connectivity index (χ4v) is 4.31. The number of benzene rings is 1. The van der Waals surface area contributed by atoms with Gasteiger partial charge in [0.2, 0.25) is 0 Å². The van der Waals surface area contributed by atoms with Gasteiger partial charge in [0, 0.05) is 17.5 Å². The summed E-state index contributed by atoms with van der Waals surface area (Å²) in [5.41, 5.74) is 8.85. The molecule has 2 unspecified atom stereocenters. The Balaban J connectivity index is 1.84. The van der Waals surface area contributed by atoms with Gasteiger partial charge in [-0.15, -0.1) is 11.8 Å². The summed E-state index contributed by atoms with van der Waals surface area (Å²) in [4.78, 5) is 3.98. The zero-order valence-electron chi connectivity index (χ0n) is 11.1. The van der Waals surface area contributed by atoms with Crippen LogP contribution in [0.1, 0.15) is 30.0 Å². The van der Waals surface area contributed by atoms with E-state index in [1.807, 2.05) is 11.8 Å². The van der Waals surface area contributed by atoms with Crippen LogP contribution in [0.15, 0.2) is 23.1 Å². The van der Waals surface area contributed by atoms with E-state index in [0.29, 0.717) is 12.0 Å². The molecule has 18 heavy (non-hydrogen) atoms. The molecule has 3 heteroatoms. The second kappa shape index (κ2) is 5.24. The van der Waals surface area contributed by atoms with Crippen molar-refractivity contribution in [3.05, 3.63) is 29.3 Å². The molecule has 2 heterocycles. The molecule has 2 aliphatic heterocycles. The van der Waals surface area contributed by atoms with Gasteiger partial charge in [-0.05, 0) is 61.7 Å². The second-order valence-corrected chi connectivity index (χ2v) is 6.75. The number of thioether (sulfide) groups is 1. The molecule has 0 amide bonds. The minimum atomic E-state index is 0.575. The topological polar surface area (TPSA) is 29.3 Å². The number of aryl methyl sites for hydroxylation is 1. The van der Waals surface area contributed by atoms with Crippen molar-refractivity contribution in [2.75, 3.05) is 25.9 Å². The van der Waals surface area contributed by atoms with E-state index in [-0.39, 0.29) is 0 Å². The number of hydrogen-bond donors (Lipinski definition) is 1. The van der Waals surface area contributed by atoms with Gasteiger partial charge in [0.25, 0.3) is 0 Å². The summed E-state index contributed by atoms with van der Waals surface area (Å²) >= 11 is 2.03. The van der Waals surface area contributed by atoms with E-state index in [2.05, 4.69) is 30.1 Å². The lowest BCUT2D eigenvalue weighted by Crippen LogP contribution is -2.20. The summed E-state index contributed by atoms with van der Waals surface area (Å²) < 4.78 is 0. The Morgan fingerprint density at radius 1 is 1.44 bits per heavy atom. The van der Waals surface area contributed by atoms with Crippen molar-refractivity contribution in [2.45, 2.75) is 30.2 Å². The maximum atomic E-state index is 5.82. The second-order valence-electron chi connectivity index (χ2n) is 5.61. The highest BCUT2D eigenvalue weighted by Gasteiger charge is 2.30. The Bertz CT molecular complexity index is 433. The zero-order chi connectivity index (χ0) is 12.5. The summed E-state index contributed by atoms with van der Waals surface area (Å²) in [5.74, 6) is 1.95. The fraction of sp³-hybridized carbons (Fsp3) is 0.600. The third-order valence-corrected chi connectivity index (χ3v) is 5.48. The predicted molar refractivity (Wildman–Crippen MR) is 78.0 cm³/mol. The molecule has 98 valence electrons. The smallest absolute Gasteiger partial charge is 0.0349 e. The van der Waals surface area contributed by atoms with E-state index in [4.69, 9.17) is 5.73 Å². The van der Waals surface area contributed by atoms with Crippen LogP contribution < -0.4 is 5.73 Å². The van der Waals surface area contributed by atoms with E-state index in [9.17, 15) is 0 Å². The van der Waals surface area contributed by atoms with Crippen molar-refractivity contribution < 1.29 is 0 Å². The van der Waals surface area contributed by atoms with Gasteiger partial charge in [-0.25, -0.2) is 0 Å². The molecule has 3 rings (SSSR count). The summed E-state index contributed by atoms with van der Waals surface area (Å²) in [6.07, 6.45) is 3.81. The summed E-state index contributed by atoms with van der Waals surface area (Å²) in [5, 5.41) is 0. The zero-order valence-corrected chi connectivity index (χ0v) is 11.9. The van der Waals surface area contributed by atoms with E-state index in [1.165, 1.54) is 35.5 Å². The van der Waals surface area contributed by atoms with Crippen molar-refractivity contribution in [2.24, 2.45) is 11.7 Å². The molecule has 2 aliphatic rings. The van der Waals surface area contributed by atoms with Crippen LogP contribution in [0.25, 0.3) is 0 Å². The third kappa shape index (κ3) is 2.31. The van der Waals surface area contributed by atoms with Crippen LogP contribution in [0.4, 0.5) is 0 Å². The van der Waals surface area contributed by atoms with Crippen molar-refractivity contribution in [1.82, 2.24) is 4.90 Å². The summed E-state index contributed by atoms with van der Waals surface area (Å²) in [6.45, 7) is 1.96. The molecule has 1 saturated heterocycles. The highest BCUT2D eigenvalue weighted by molar-refractivity contribution is 7.99. The van der Waals surface area contributed by atoms with Gasteiger partial charge >= 0.3 is 0 Å². The van der Waals surface area contributed by atoms with Gasteiger partial charge in [-0.3, -0.25) is 4.90 Å². The highest BCUT2D eigenvalue weighted by Crippen LogP contribution is 2.37. The van der Waals surface area contributed by atoms with Gasteiger partial charge in [0.15, 0.2) is 0 Å². The van der Waals surface area contributed by atoms with Crippen molar-refractivity contribution >= 4 is 11.8 Å². The molecule has 2 nitrogen and oxygen atoms in total. The molecule has 1 aromatic rings. The molecule has 0 aromatic heterocycles. The largest absolute Gasteiger partial charge is 0.330 e. The molecule has 1 aromatic carbocycles. The lowest BCUT2D eigenvalue weighted by Gasteiger charge is -2.22. The average Bonchev–Trinajstić information content (AvgIpc) is 2.79. The molecule has 0 spiro atoms. The first-order valence-corrected chi connectivity index (χ1v) is 7.92. The molecule has 0 saturated carbocycles. The highest BCUT2D eigenvalue weighted by atomic mass is 32.2. The quantitative estimate of drug-likeness (QED) is 0.888. The molecule has 0 bridgehead atoms. The first-order chi connectivity index (χ1) is 8.78. The molecular weight excluding hydrogens is 240 g/mol. The summed E-state index contributed by atoms with van der Waals surface area (Å²) in [6, 6.07) is 7.69. The number of likely N-dealkylation sites (tertiary alicyclic amines) is 1. The minimum Gasteiger partial charge on any atom is -0.330 e. The summed E-state index contributed by atoms with van der Waals surface area (Å²) in [7, 11) is 2.23. The number of rotatable bonds is 2. The van der Waals surface area contributed by atoms with Crippen LogP contribution >= 0.6 is 11.8 Å². The van der Waals surface area contributed by atoms with Crippen molar-refractivity contribution in [3.8, 4) is 0 Å². The van der Waals surface area contributed by atoms with Gasteiger partial charge < -0.3 is 5.73 Å². The van der Waals surface area contributed by atoms with E-state index >= 15 is 0 Å². The maximum absolute atomic E-state index is 5.82. The lowest BCUT2D eigenvalue weighted by molar-refractivity contribution is 0.313. The van der Waals surface area contributed by atoms with Crippen LogP contribution in [0.5, 0.6) is 0 Å². The lowest BCUT2D eigenvalue weighted by atomic mass is 9.98. The van der Waals surface area contributed by atoms with Crippen molar-refractivity contribution in [1.29, 1.82) is 0 Å². The van der Waals surface area contributed by atoms with Crippen LogP contribution in [0, 0.1) is 5.92 Å². The molecule has 0 radical (unpaired) electrons. The third-order valence-electron chi connectivity index (χ3n) is 4.29. The Kier molecular flexibility index (Phi) is 3.64. The van der Waals surface area contributed by atoms with Crippen LogP contribution in [0.2, 0.25) is 0 Å². The first kappa shape index (κ1) is 12.5. The number of nitrogens with zero attached hydrogens (tertiary/aromatic N) is 1. The average molecular weight is 262 g/mol. The van der Waals surface area contributed by atoms with Crippen LogP contribution in [-0.2, 0) is 6.42 Å². The predicted octanol–water partition coefficient (Wildman–Crippen LogP) is 2.68. The Morgan fingerprint density at radius 2 is 2.33 bits per heavy atom. The maximum Gasteiger partial charge on any atom is 0.0349 e. The van der Waals surface area contributed by atoms with Crippen LogP contribution in [0.3, 0.4) is 0 Å². The molecule has 0 aliphatic carbocycles.